The molecule has 1 aliphatic rings. The summed E-state index contributed by atoms with van der Waals surface area (Å²) in [4.78, 5) is 40.3. The molecule has 0 spiro atoms. The number of halogens is 2. The van der Waals surface area contributed by atoms with Gasteiger partial charge in [-0.05, 0) is 37.2 Å². The van der Waals surface area contributed by atoms with Crippen molar-refractivity contribution in [2.45, 2.75) is 78.0 Å². The Hall–Kier alpha value is -2.62. The number of ether oxygens (including phenoxy) is 1. The molecule has 7 nitrogen and oxygen atoms in total. The lowest BCUT2D eigenvalue weighted by Crippen LogP contribution is -2.54. The minimum atomic E-state index is -0.935. The van der Waals surface area contributed by atoms with E-state index in [9.17, 15) is 23.2 Å². The van der Waals surface area contributed by atoms with Crippen molar-refractivity contribution in [2.75, 3.05) is 7.11 Å². The van der Waals surface area contributed by atoms with Gasteiger partial charge in [-0.25, -0.2) is 13.6 Å². The summed E-state index contributed by atoms with van der Waals surface area (Å²) in [7, 11) is 1.26. The minimum absolute atomic E-state index is 0.0417. The van der Waals surface area contributed by atoms with Crippen molar-refractivity contribution < 1.29 is 27.9 Å². The molecular weight excluding hydrogens is 476 g/mol. The van der Waals surface area contributed by atoms with Crippen LogP contribution in [0.4, 0.5) is 8.78 Å². The molecule has 0 aromatic heterocycles. The van der Waals surface area contributed by atoms with Crippen molar-refractivity contribution in [1.29, 1.82) is 0 Å². The van der Waals surface area contributed by atoms with Crippen LogP contribution < -0.4 is 10.6 Å². The first kappa shape index (κ1) is 28.6. The molecule has 0 saturated carbocycles. The summed E-state index contributed by atoms with van der Waals surface area (Å²) in [5.41, 5.74) is 0.165. The van der Waals surface area contributed by atoms with Crippen LogP contribution in [-0.2, 0) is 25.7 Å². The Balaban J connectivity index is 2.06. The molecule has 1 aromatic rings. The molecule has 1 saturated heterocycles. The molecule has 0 radical (unpaired) electrons. The largest absolute Gasteiger partial charge is 0.467 e. The van der Waals surface area contributed by atoms with Gasteiger partial charge in [0.15, 0.2) is 11.6 Å². The number of carbonyl (C=O) groups excluding carboxylic acids is 3. The summed E-state index contributed by atoms with van der Waals surface area (Å²) in [5.74, 6) is -3.33. The number of hydrogen-bond donors (Lipinski definition) is 2. The maximum absolute atomic E-state index is 14.2. The van der Waals surface area contributed by atoms with Gasteiger partial charge in [-0.3, -0.25) is 9.59 Å². The van der Waals surface area contributed by atoms with E-state index in [1.807, 2.05) is 13.8 Å². The number of carbonyl (C=O) groups is 3. The van der Waals surface area contributed by atoms with E-state index in [4.69, 9.17) is 17.0 Å². The molecule has 1 fully saturated rings. The van der Waals surface area contributed by atoms with Gasteiger partial charge >= 0.3 is 5.97 Å². The smallest absolute Gasteiger partial charge is 0.328 e. The normalized spacial score (nSPS) is 17.5. The lowest BCUT2D eigenvalue weighted by atomic mass is 10.00. The van der Waals surface area contributed by atoms with Crippen LogP contribution in [0.3, 0.4) is 0 Å². The van der Waals surface area contributed by atoms with Gasteiger partial charge in [0, 0.05) is 24.6 Å². The Morgan fingerprint density at radius 3 is 2.46 bits per heavy atom. The fourth-order valence-electron chi connectivity index (χ4n) is 4.15. The first-order valence-electron chi connectivity index (χ1n) is 11.8. The number of thiocarbonyl (C=S) groups is 1. The predicted octanol–water partition coefficient (Wildman–Crippen LogP) is 3.49. The van der Waals surface area contributed by atoms with Crippen LogP contribution >= 0.6 is 12.2 Å². The molecule has 1 aromatic carbocycles. The number of nitrogens with zero attached hydrogens (tertiary/aromatic N) is 1. The molecule has 0 aliphatic carbocycles. The third kappa shape index (κ3) is 7.95. The molecule has 1 aliphatic heterocycles. The number of esters is 1. The van der Waals surface area contributed by atoms with E-state index in [0.717, 1.165) is 6.07 Å². The molecule has 2 rings (SSSR count). The van der Waals surface area contributed by atoms with Crippen LogP contribution in [0.2, 0.25) is 0 Å². The molecule has 1 heterocycles. The molecular formula is C25H35F2N3O4S. The van der Waals surface area contributed by atoms with E-state index in [-0.39, 0.29) is 42.3 Å². The Kier molecular flexibility index (Phi) is 10.5. The van der Waals surface area contributed by atoms with Crippen molar-refractivity contribution >= 4 is 35.0 Å². The van der Waals surface area contributed by atoms with Crippen LogP contribution in [0.25, 0.3) is 0 Å². The van der Waals surface area contributed by atoms with Gasteiger partial charge in [0.1, 0.15) is 12.1 Å². The first-order valence-corrected chi connectivity index (χ1v) is 12.2. The second-order valence-electron chi connectivity index (χ2n) is 9.63. The second kappa shape index (κ2) is 12.9. The molecule has 2 N–H and O–H groups in total. The molecule has 194 valence electrons. The molecule has 0 unspecified atom stereocenters. The van der Waals surface area contributed by atoms with Crippen molar-refractivity contribution in [1.82, 2.24) is 15.5 Å². The Morgan fingerprint density at radius 1 is 1.17 bits per heavy atom. The lowest BCUT2D eigenvalue weighted by Gasteiger charge is -2.28. The van der Waals surface area contributed by atoms with Crippen molar-refractivity contribution in [3.05, 3.63) is 35.4 Å². The number of rotatable bonds is 11. The van der Waals surface area contributed by atoms with Crippen LogP contribution in [0, 0.1) is 23.5 Å². The third-order valence-electron chi connectivity index (χ3n) is 6.02. The first-order chi connectivity index (χ1) is 16.4. The number of amides is 2. The molecule has 3 atom stereocenters. The summed E-state index contributed by atoms with van der Waals surface area (Å²) in [5, 5.41) is 5.47. The lowest BCUT2D eigenvalue weighted by molar-refractivity contribution is -0.146. The summed E-state index contributed by atoms with van der Waals surface area (Å²) in [6.07, 6.45) is 1.61. The molecule has 0 bridgehead atoms. The van der Waals surface area contributed by atoms with Gasteiger partial charge in [0.05, 0.1) is 12.1 Å². The van der Waals surface area contributed by atoms with Crippen molar-refractivity contribution in [3.8, 4) is 0 Å². The van der Waals surface area contributed by atoms with Crippen LogP contribution in [0.15, 0.2) is 18.2 Å². The monoisotopic (exact) mass is 511 g/mol. The number of hydrogen-bond acceptors (Lipinski definition) is 5. The standard InChI is InChI=1S/C25H35F2N3O4S/c1-14(2)11-19(25(33)34-5)28-24(32)23(15(3)4)29-20(31)12-17-9-10-21(35)30(17)13-16-7-6-8-18(26)22(16)27/h6-8,14-15,17,19,23H,9-13H2,1-5H3,(H,28,32)(H,29,31)/t17-,19-,23-/m0/s1. The Bertz CT molecular complexity index is 941. The van der Waals surface area contributed by atoms with Gasteiger partial charge in [0.25, 0.3) is 0 Å². The number of methoxy groups -OCH3 is 1. The van der Waals surface area contributed by atoms with Gasteiger partial charge in [-0.1, -0.05) is 52.0 Å². The van der Waals surface area contributed by atoms with Crippen LogP contribution in [0.1, 0.15) is 58.9 Å². The zero-order chi connectivity index (χ0) is 26.3. The Labute approximate surface area is 211 Å². The Morgan fingerprint density at radius 2 is 1.86 bits per heavy atom. The van der Waals surface area contributed by atoms with Crippen molar-refractivity contribution in [2.24, 2.45) is 11.8 Å². The van der Waals surface area contributed by atoms with Crippen molar-refractivity contribution in [3.63, 3.8) is 0 Å². The summed E-state index contributed by atoms with van der Waals surface area (Å²) in [6, 6.07) is 2.00. The third-order valence-corrected chi connectivity index (χ3v) is 6.46. The molecule has 10 heteroatoms. The highest BCUT2D eigenvalue weighted by Gasteiger charge is 2.33. The van der Waals surface area contributed by atoms with Gasteiger partial charge in [-0.2, -0.15) is 0 Å². The zero-order valence-electron chi connectivity index (χ0n) is 20.9. The fraction of sp³-hybridized carbons (Fsp3) is 0.600. The summed E-state index contributed by atoms with van der Waals surface area (Å²) < 4.78 is 32.6. The summed E-state index contributed by atoms with van der Waals surface area (Å²) >= 11 is 5.40. The topological polar surface area (TPSA) is 87.7 Å². The van der Waals surface area contributed by atoms with Crippen LogP contribution in [0.5, 0.6) is 0 Å². The van der Waals surface area contributed by atoms with Gasteiger partial charge in [0.2, 0.25) is 11.8 Å². The van der Waals surface area contributed by atoms with Crippen LogP contribution in [-0.4, -0.2) is 52.9 Å². The zero-order valence-corrected chi connectivity index (χ0v) is 21.7. The maximum atomic E-state index is 14.2. The minimum Gasteiger partial charge on any atom is -0.467 e. The predicted molar refractivity (Wildman–Crippen MR) is 132 cm³/mol. The van der Waals surface area contributed by atoms with E-state index < -0.39 is 35.6 Å². The van der Waals surface area contributed by atoms with Gasteiger partial charge < -0.3 is 20.3 Å². The van der Waals surface area contributed by atoms with E-state index in [2.05, 4.69) is 10.6 Å². The highest BCUT2D eigenvalue weighted by molar-refractivity contribution is 7.80. The van der Waals surface area contributed by atoms with E-state index >= 15 is 0 Å². The van der Waals surface area contributed by atoms with E-state index in [1.165, 1.54) is 19.2 Å². The summed E-state index contributed by atoms with van der Waals surface area (Å²) in [6.45, 7) is 7.51. The number of benzene rings is 1. The van der Waals surface area contributed by atoms with E-state index in [1.54, 1.807) is 18.7 Å². The highest BCUT2D eigenvalue weighted by atomic mass is 32.1. The maximum Gasteiger partial charge on any atom is 0.328 e. The average molecular weight is 512 g/mol. The number of nitrogens with one attached hydrogen (secondary N) is 2. The SMILES string of the molecule is COC(=O)[C@H](CC(C)C)NC(=O)[C@@H](NC(=O)C[C@@H]1CCC(=S)N1Cc1cccc(F)c1F)C(C)C. The highest BCUT2D eigenvalue weighted by Crippen LogP contribution is 2.26. The molecule has 35 heavy (non-hydrogen) atoms. The second-order valence-corrected chi connectivity index (χ2v) is 10.1. The quantitative estimate of drug-likeness (QED) is 0.349. The van der Waals surface area contributed by atoms with E-state index in [0.29, 0.717) is 24.3 Å². The number of likely N-dealkylation sites (tertiary alicyclic amines) is 1. The molecule has 2 amide bonds. The fourth-order valence-corrected chi connectivity index (χ4v) is 4.48. The van der Waals surface area contributed by atoms with Gasteiger partial charge in [-0.15, -0.1) is 0 Å². The average Bonchev–Trinajstić information content (AvgIpc) is 3.12.